The summed E-state index contributed by atoms with van der Waals surface area (Å²) in [6.45, 7) is 3.70. The molecule has 2 aliphatic heterocycles. The highest BCUT2D eigenvalue weighted by Crippen LogP contribution is 2.28. The number of nitrogens with zero attached hydrogens (tertiary/aromatic N) is 3. The Balaban J connectivity index is 1.38. The van der Waals surface area contributed by atoms with Crippen LogP contribution in [-0.2, 0) is 9.53 Å². The van der Waals surface area contributed by atoms with E-state index in [2.05, 4.69) is 9.97 Å². The summed E-state index contributed by atoms with van der Waals surface area (Å²) < 4.78 is 16.3. The molecule has 1 aromatic heterocycles. The molecule has 160 valence electrons. The highest BCUT2D eigenvalue weighted by molar-refractivity contribution is 5.78. The van der Waals surface area contributed by atoms with Gasteiger partial charge in [0.1, 0.15) is 0 Å². The van der Waals surface area contributed by atoms with E-state index < -0.39 is 0 Å². The number of carbonyl (C=O) groups is 1. The van der Waals surface area contributed by atoms with Gasteiger partial charge in [0.25, 0.3) is 11.5 Å². The number of aromatic amines is 1. The zero-order chi connectivity index (χ0) is 20.9. The first-order valence-corrected chi connectivity index (χ1v) is 10.1. The van der Waals surface area contributed by atoms with Crippen molar-refractivity contribution in [2.45, 2.75) is 12.3 Å². The average molecular weight is 414 g/mol. The number of benzene rings is 1. The lowest BCUT2D eigenvalue weighted by molar-refractivity contribution is -0.132. The van der Waals surface area contributed by atoms with Gasteiger partial charge in [0, 0.05) is 38.2 Å². The second kappa shape index (κ2) is 9.17. The fourth-order valence-corrected chi connectivity index (χ4v) is 3.79. The standard InChI is InChI=1S/C21H26N4O5/c1-28-17-4-2-3-5-18(17)30-14-20(27)25-7-6-15(13-25)16-12-19(26)23-21(22-16)24-8-10-29-11-9-24/h2-5,12,15H,6-11,13-14H2,1H3,(H,22,23,26). The maximum Gasteiger partial charge on any atom is 0.260 e. The van der Waals surface area contributed by atoms with Crippen LogP contribution in [0.2, 0.25) is 0 Å². The minimum atomic E-state index is -0.175. The minimum Gasteiger partial charge on any atom is -0.493 e. The van der Waals surface area contributed by atoms with E-state index >= 15 is 0 Å². The summed E-state index contributed by atoms with van der Waals surface area (Å²) in [6.07, 6.45) is 0.763. The van der Waals surface area contributed by atoms with Crippen LogP contribution in [0.5, 0.6) is 11.5 Å². The Bertz CT molecular complexity index is 941. The Labute approximate surface area is 174 Å². The van der Waals surface area contributed by atoms with Crippen molar-refractivity contribution in [2.75, 3.05) is 58.0 Å². The van der Waals surface area contributed by atoms with Crippen molar-refractivity contribution in [1.82, 2.24) is 14.9 Å². The number of hydrogen-bond acceptors (Lipinski definition) is 7. The van der Waals surface area contributed by atoms with Gasteiger partial charge < -0.3 is 24.0 Å². The largest absolute Gasteiger partial charge is 0.493 e. The number of carbonyl (C=O) groups excluding carboxylic acids is 1. The van der Waals surface area contributed by atoms with Gasteiger partial charge >= 0.3 is 0 Å². The molecule has 0 spiro atoms. The van der Waals surface area contributed by atoms with Crippen molar-refractivity contribution in [3.8, 4) is 11.5 Å². The van der Waals surface area contributed by atoms with Gasteiger partial charge in [0.05, 0.1) is 26.0 Å². The monoisotopic (exact) mass is 414 g/mol. The van der Waals surface area contributed by atoms with Crippen molar-refractivity contribution < 1.29 is 19.0 Å². The predicted octanol–water partition coefficient (Wildman–Crippen LogP) is 1.01. The van der Waals surface area contributed by atoms with Gasteiger partial charge in [-0.2, -0.15) is 0 Å². The SMILES string of the molecule is COc1ccccc1OCC(=O)N1CCC(c2cc(=O)[nH]c(N3CCOCC3)n2)C1. The molecule has 1 amide bonds. The van der Waals surface area contributed by atoms with E-state index in [-0.39, 0.29) is 24.0 Å². The van der Waals surface area contributed by atoms with Gasteiger partial charge in [-0.3, -0.25) is 14.6 Å². The van der Waals surface area contributed by atoms with E-state index in [0.717, 1.165) is 12.1 Å². The lowest BCUT2D eigenvalue weighted by Crippen LogP contribution is -2.38. The van der Waals surface area contributed by atoms with Crippen LogP contribution >= 0.6 is 0 Å². The first kappa shape index (κ1) is 20.2. The highest BCUT2D eigenvalue weighted by atomic mass is 16.5. The molecule has 1 N–H and O–H groups in total. The van der Waals surface area contributed by atoms with Crippen LogP contribution in [0.1, 0.15) is 18.0 Å². The Hall–Kier alpha value is -3.07. The number of hydrogen-bond donors (Lipinski definition) is 1. The predicted molar refractivity (Wildman–Crippen MR) is 110 cm³/mol. The van der Waals surface area contributed by atoms with Crippen LogP contribution in [0.3, 0.4) is 0 Å². The van der Waals surface area contributed by atoms with Gasteiger partial charge in [-0.25, -0.2) is 4.98 Å². The van der Waals surface area contributed by atoms with Gasteiger partial charge in [0.15, 0.2) is 18.1 Å². The normalized spacial score (nSPS) is 19.0. The molecule has 2 aliphatic rings. The number of ether oxygens (including phenoxy) is 3. The number of H-pyrrole nitrogens is 1. The fraction of sp³-hybridized carbons (Fsp3) is 0.476. The first-order chi connectivity index (χ1) is 14.6. The summed E-state index contributed by atoms with van der Waals surface area (Å²) in [5.41, 5.74) is 0.548. The molecule has 2 saturated heterocycles. The van der Waals surface area contributed by atoms with Crippen LogP contribution in [-0.4, -0.2) is 73.9 Å². The Morgan fingerprint density at radius 1 is 1.23 bits per heavy atom. The fourth-order valence-electron chi connectivity index (χ4n) is 3.79. The topological polar surface area (TPSA) is 97.0 Å². The third-order valence-electron chi connectivity index (χ3n) is 5.44. The Morgan fingerprint density at radius 3 is 2.77 bits per heavy atom. The van der Waals surface area contributed by atoms with Crippen molar-refractivity contribution in [3.05, 3.63) is 46.4 Å². The number of methoxy groups -OCH3 is 1. The van der Waals surface area contributed by atoms with Crippen LogP contribution in [0.25, 0.3) is 0 Å². The van der Waals surface area contributed by atoms with Crippen molar-refractivity contribution in [3.63, 3.8) is 0 Å². The smallest absolute Gasteiger partial charge is 0.260 e. The minimum absolute atomic E-state index is 0.0299. The van der Waals surface area contributed by atoms with Crippen LogP contribution < -0.4 is 19.9 Å². The maximum absolute atomic E-state index is 12.6. The zero-order valence-electron chi connectivity index (χ0n) is 17.0. The summed E-state index contributed by atoms with van der Waals surface area (Å²) in [5.74, 6) is 1.64. The van der Waals surface area contributed by atoms with Crippen molar-refractivity contribution in [2.24, 2.45) is 0 Å². The maximum atomic E-state index is 12.6. The summed E-state index contributed by atoms with van der Waals surface area (Å²) in [4.78, 5) is 36.1. The molecular formula is C21H26N4O5. The lowest BCUT2D eigenvalue weighted by Gasteiger charge is -2.27. The van der Waals surface area contributed by atoms with Crippen LogP contribution in [0.4, 0.5) is 5.95 Å². The van der Waals surface area contributed by atoms with E-state index in [1.54, 1.807) is 24.1 Å². The van der Waals surface area contributed by atoms with Gasteiger partial charge in [0.2, 0.25) is 5.95 Å². The van der Waals surface area contributed by atoms with Crippen LogP contribution in [0.15, 0.2) is 35.1 Å². The number of para-hydroxylation sites is 2. The molecule has 0 saturated carbocycles. The molecule has 1 unspecified atom stereocenters. The number of anilines is 1. The summed E-state index contributed by atoms with van der Waals surface area (Å²) >= 11 is 0. The molecule has 1 atom stereocenters. The summed E-state index contributed by atoms with van der Waals surface area (Å²) in [6, 6.07) is 8.77. The van der Waals surface area contributed by atoms with Crippen LogP contribution in [0, 0.1) is 0 Å². The molecule has 2 aromatic rings. The van der Waals surface area contributed by atoms with Gasteiger partial charge in [-0.05, 0) is 18.6 Å². The molecule has 0 bridgehead atoms. The van der Waals surface area contributed by atoms with Gasteiger partial charge in [-0.1, -0.05) is 12.1 Å². The molecule has 1 aromatic carbocycles. The summed E-state index contributed by atoms with van der Waals surface area (Å²) in [7, 11) is 1.56. The number of rotatable bonds is 6. The number of amides is 1. The van der Waals surface area contributed by atoms with E-state index in [9.17, 15) is 9.59 Å². The van der Waals surface area contributed by atoms with Crippen molar-refractivity contribution >= 4 is 11.9 Å². The van der Waals surface area contributed by atoms with Crippen molar-refractivity contribution in [1.29, 1.82) is 0 Å². The number of nitrogens with one attached hydrogen (secondary N) is 1. The molecule has 2 fully saturated rings. The third-order valence-corrected chi connectivity index (χ3v) is 5.44. The van der Waals surface area contributed by atoms with E-state index in [0.29, 0.717) is 56.8 Å². The van der Waals surface area contributed by atoms with Gasteiger partial charge in [-0.15, -0.1) is 0 Å². The molecular weight excluding hydrogens is 388 g/mol. The molecule has 0 radical (unpaired) electrons. The lowest BCUT2D eigenvalue weighted by atomic mass is 10.1. The molecule has 0 aliphatic carbocycles. The number of aromatic nitrogens is 2. The highest BCUT2D eigenvalue weighted by Gasteiger charge is 2.29. The van der Waals surface area contributed by atoms with E-state index in [1.807, 2.05) is 17.0 Å². The molecule has 9 heteroatoms. The van der Waals surface area contributed by atoms with E-state index in [1.165, 1.54) is 6.07 Å². The Kier molecular flexibility index (Phi) is 6.18. The molecule has 3 heterocycles. The number of likely N-dealkylation sites (tertiary alicyclic amines) is 1. The average Bonchev–Trinajstić information content (AvgIpc) is 3.28. The second-order valence-corrected chi connectivity index (χ2v) is 7.36. The van der Waals surface area contributed by atoms with E-state index in [4.69, 9.17) is 14.2 Å². The molecule has 4 rings (SSSR count). The third kappa shape index (κ3) is 4.56. The summed E-state index contributed by atoms with van der Waals surface area (Å²) in [5, 5.41) is 0. The Morgan fingerprint density at radius 2 is 2.00 bits per heavy atom. The zero-order valence-corrected chi connectivity index (χ0v) is 17.0. The molecule has 9 nitrogen and oxygen atoms in total. The first-order valence-electron chi connectivity index (χ1n) is 10.1. The second-order valence-electron chi connectivity index (χ2n) is 7.36. The quantitative estimate of drug-likeness (QED) is 0.753. The number of morpholine rings is 1. The molecule has 30 heavy (non-hydrogen) atoms.